The van der Waals surface area contributed by atoms with Gasteiger partial charge < -0.3 is 10.4 Å². The lowest BCUT2D eigenvalue weighted by Crippen LogP contribution is -2.38. The van der Waals surface area contributed by atoms with Crippen molar-refractivity contribution in [2.45, 2.75) is 39.7 Å². The second kappa shape index (κ2) is 4.68. The number of carbonyl (C=O) groups excluding carboxylic acids is 1. The van der Waals surface area contributed by atoms with Gasteiger partial charge in [-0.05, 0) is 50.3 Å². The van der Waals surface area contributed by atoms with Crippen molar-refractivity contribution in [2.24, 2.45) is 5.41 Å². The van der Waals surface area contributed by atoms with E-state index < -0.39 is 11.4 Å². The van der Waals surface area contributed by atoms with Crippen LogP contribution < -0.4 is 5.32 Å². The third kappa shape index (κ3) is 2.48. The number of carbonyl (C=O) groups is 2. The molecule has 1 amide bonds. The first-order valence-electron chi connectivity index (χ1n) is 6.48. The van der Waals surface area contributed by atoms with E-state index in [-0.39, 0.29) is 11.9 Å². The molecular weight excluding hydrogens is 242 g/mol. The molecule has 19 heavy (non-hydrogen) atoms. The van der Waals surface area contributed by atoms with Gasteiger partial charge in [0.25, 0.3) is 0 Å². The van der Waals surface area contributed by atoms with Crippen LogP contribution in [0.2, 0.25) is 0 Å². The third-order valence-electron chi connectivity index (χ3n) is 3.97. The Kier molecular flexibility index (Phi) is 3.35. The second-order valence-corrected chi connectivity index (χ2v) is 5.43. The Morgan fingerprint density at radius 3 is 2.37 bits per heavy atom. The van der Waals surface area contributed by atoms with Crippen molar-refractivity contribution in [3.05, 3.63) is 34.9 Å². The van der Waals surface area contributed by atoms with E-state index in [1.54, 1.807) is 0 Å². The van der Waals surface area contributed by atoms with Crippen LogP contribution in [0.15, 0.2) is 18.2 Å². The predicted octanol–water partition coefficient (Wildman–Crippen LogP) is 2.35. The lowest BCUT2D eigenvalue weighted by Gasteiger charge is -2.18. The van der Waals surface area contributed by atoms with E-state index in [1.165, 1.54) is 5.56 Å². The summed E-state index contributed by atoms with van der Waals surface area (Å²) in [6.07, 6.45) is 0.877. The molecule has 1 aromatic rings. The maximum absolute atomic E-state index is 12.0. The van der Waals surface area contributed by atoms with Crippen LogP contribution in [0.5, 0.6) is 0 Å². The lowest BCUT2D eigenvalue weighted by atomic mass is 10.0. The molecule has 1 aliphatic rings. The Morgan fingerprint density at radius 1 is 1.26 bits per heavy atom. The van der Waals surface area contributed by atoms with Crippen LogP contribution in [0.4, 0.5) is 0 Å². The highest BCUT2D eigenvalue weighted by molar-refractivity contribution is 6.04. The summed E-state index contributed by atoms with van der Waals surface area (Å²) < 4.78 is 0. The summed E-state index contributed by atoms with van der Waals surface area (Å²) >= 11 is 0. The maximum atomic E-state index is 12.0. The zero-order chi connectivity index (χ0) is 14.2. The number of amides is 1. The Labute approximate surface area is 112 Å². The van der Waals surface area contributed by atoms with Gasteiger partial charge in [-0.2, -0.15) is 0 Å². The van der Waals surface area contributed by atoms with Crippen LogP contribution in [0, 0.1) is 19.3 Å². The number of hydrogen-bond acceptors (Lipinski definition) is 2. The van der Waals surface area contributed by atoms with Crippen LogP contribution >= 0.6 is 0 Å². The fourth-order valence-corrected chi connectivity index (χ4v) is 2.12. The van der Waals surface area contributed by atoms with Gasteiger partial charge in [0.2, 0.25) is 5.91 Å². The summed E-state index contributed by atoms with van der Waals surface area (Å²) in [5.74, 6) is -1.39. The first kappa shape index (κ1) is 13.6. The zero-order valence-electron chi connectivity index (χ0n) is 11.5. The molecule has 4 heteroatoms. The number of carboxylic acid groups (broad SMARTS) is 1. The van der Waals surface area contributed by atoms with Gasteiger partial charge in [-0.25, -0.2) is 0 Å². The normalized spacial score (nSPS) is 17.6. The number of hydrogen-bond donors (Lipinski definition) is 2. The fourth-order valence-electron chi connectivity index (χ4n) is 2.12. The highest BCUT2D eigenvalue weighted by atomic mass is 16.4. The van der Waals surface area contributed by atoms with Gasteiger partial charge in [-0.3, -0.25) is 9.59 Å². The van der Waals surface area contributed by atoms with E-state index in [4.69, 9.17) is 5.11 Å². The largest absolute Gasteiger partial charge is 0.480 e. The van der Waals surface area contributed by atoms with Gasteiger partial charge in [0.1, 0.15) is 5.41 Å². The average Bonchev–Trinajstić information content (AvgIpc) is 3.13. The van der Waals surface area contributed by atoms with E-state index in [2.05, 4.69) is 5.32 Å². The summed E-state index contributed by atoms with van der Waals surface area (Å²) in [5.41, 5.74) is 2.19. The topological polar surface area (TPSA) is 66.4 Å². The van der Waals surface area contributed by atoms with Crippen molar-refractivity contribution >= 4 is 11.9 Å². The van der Waals surface area contributed by atoms with Gasteiger partial charge >= 0.3 is 5.97 Å². The van der Waals surface area contributed by atoms with Gasteiger partial charge in [0, 0.05) is 0 Å². The Balaban J connectivity index is 2.09. The molecule has 0 aromatic heterocycles. The van der Waals surface area contributed by atoms with Gasteiger partial charge in [-0.15, -0.1) is 0 Å². The molecule has 0 aliphatic heterocycles. The van der Waals surface area contributed by atoms with Gasteiger partial charge in [0.15, 0.2) is 0 Å². The molecule has 1 unspecified atom stereocenters. The summed E-state index contributed by atoms with van der Waals surface area (Å²) in [6, 6.07) is 5.83. The molecule has 102 valence electrons. The lowest BCUT2D eigenvalue weighted by molar-refractivity contribution is -0.149. The molecular formula is C15H19NO3. The summed E-state index contributed by atoms with van der Waals surface area (Å²) in [6.45, 7) is 5.93. The first-order chi connectivity index (χ1) is 8.86. The van der Waals surface area contributed by atoms with Crippen molar-refractivity contribution in [1.82, 2.24) is 5.32 Å². The minimum absolute atomic E-state index is 0.177. The minimum Gasteiger partial charge on any atom is -0.480 e. The van der Waals surface area contributed by atoms with Crippen LogP contribution in [-0.2, 0) is 9.59 Å². The number of rotatable bonds is 4. The zero-order valence-corrected chi connectivity index (χ0v) is 11.5. The highest BCUT2D eigenvalue weighted by Crippen LogP contribution is 2.46. The Morgan fingerprint density at radius 2 is 1.89 bits per heavy atom. The molecule has 2 rings (SSSR count). The smallest absolute Gasteiger partial charge is 0.319 e. The van der Waals surface area contributed by atoms with E-state index in [9.17, 15) is 9.59 Å². The van der Waals surface area contributed by atoms with E-state index in [0.29, 0.717) is 12.8 Å². The maximum Gasteiger partial charge on any atom is 0.319 e. The molecule has 0 radical (unpaired) electrons. The van der Waals surface area contributed by atoms with Crippen LogP contribution in [0.3, 0.4) is 0 Å². The SMILES string of the molecule is Cc1ccc(C(C)NC(=O)C2(C(=O)O)CC2)cc1C. The summed E-state index contributed by atoms with van der Waals surface area (Å²) in [4.78, 5) is 23.1. The molecule has 1 atom stereocenters. The molecule has 1 saturated carbocycles. The van der Waals surface area contributed by atoms with Crippen LogP contribution in [0.25, 0.3) is 0 Å². The minimum atomic E-state index is -1.17. The molecule has 4 nitrogen and oxygen atoms in total. The summed E-state index contributed by atoms with van der Waals surface area (Å²) in [5, 5.41) is 11.9. The van der Waals surface area contributed by atoms with Gasteiger partial charge in [0.05, 0.1) is 6.04 Å². The monoisotopic (exact) mass is 261 g/mol. The van der Waals surface area contributed by atoms with Crippen molar-refractivity contribution in [1.29, 1.82) is 0 Å². The fraction of sp³-hybridized carbons (Fsp3) is 0.467. The van der Waals surface area contributed by atoms with E-state index >= 15 is 0 Å². The molecule has 0 saturated heterocycles. The molecule has 1 aromatic carbocycles. The van der Waals surface area contributed by atoms with Crippen molar-refractivity contribution in [2.75, 3.05) is 0 Å². The number of aliphatic carboxylic acids is 1. The van der Waals surface area contributed by atoms with Crippen LogP contribution in [-0.4, -0.2) is 17.0 Å². The Bertz CT molecular complexity index is 532. The second-order valence-electron chi connectivity index (χ2n) is 5.43. The standard InChI is InChI=1S/C15H19NO3/c1-9-4-5-12(8-10(9)2)11(3)16-13(17)15(6-7-15)14(18)19/h4-5,8,11H,6-7H2,1-3H3,(H,16,17)(H,18,19). The number of benzene rings is 1. The number of carboxylic acids is 1. The molecule has 2 N–H and O–H groups in total. The third-order valence-corrected chi connectivity index (χ3v) is 3.97. The number of aryl methyl sites for hydroxylation is 2. The number of nitrogens with one attached hydrogen (secondary N) is 1. The molecule has 0 bridgehead atoms. The quantitative estimate of drug-likeness (QED) is 0.817. The first-order valence-corrected chi connectivity index (χ1v) is 6.48. The molecule has 0 spiro atoms. The van der Waals surface area contributed by atoms with E-state index in [1.807, 2.05) is 39.0 Å². The average molecular weight is 261 g/mol. The summed E-state index contributed by atoms with van der Waals surface area (Å²) in [7, 11) is 0. The molecule has 1 aliphatic carbocycles. The molecule has 1 fully saturated rings. The molecule has 0 heterocycles. The highest BCUT2D eigenvalue weighted by Gasteiger charge is 2.57. The van der Waals surface area contributed by atoms with Crippen molar-refractivity contribution < 1.29 is 14.7 Å². The van der Waals surface area contributed by atoms with E-state index in [0.717, 1.165) is 11.1 Å². The van der Waals surface area contributed by atoms with Crippen LogP contribution in [0.1, 0.15) is 42.5 Å². The van der Waals surface area contributed by atoms with Crippen molar-refractivity contribution in [3.63, 3.8) is 0 Å². The van der Waals surface area contributed by atoms with Gasteiger partial charge in [-0.1, -0.05) is 18.2 Å². The Hall–Kier alpha value is -1.84. The van der Waals surface area contributed by atoms with Crippen molar-refractivity contribution in [3.8, 4) is 0 Å². The predicted molar refractivity (Wildman–Crippen MR) is 71.8 cm³/mol.